The highest BCUT2D eigenvalue weighted by atomic mass is 32.2. The number of amides is 3. The Morgan fingerprint density at radius 2 is 1.73 bits per heavy atom. The van der Waals surface area contributed by atoms with Gasteiger partial charge < -0.3 is 20.6 Å². The number of hydrogen-bond donors (Lipinski definition) is 3. The van der Waals surface area contributed by atoms with Crippen molar-refractivity contribution < 1.29 is 19.5 Å². The van der Waals surface area contributed by atoms with E-state index in [9.17, 15) is 19.5 Å². The molecule has 0 aromatic heterocycles. The molecule has 3 fully saturated rings. The highest BCUT2D eigenvalue weighted by Gasteiger charge is 2.75. The minimum Gasteiger partial charge on any atom is -0.396 e. The largest absolute Gasteiger partial charge is 0.396 e. The highest BCUT2D eigenvalue weighted by Crippen LogP contribution is 2.68. The van der Waals surface area contributed by atoms with Gasteiger partial charge in [-0.15, -0.1) is 11.8 Å². The van der Waals surface area contributed by atoms with Crippen LogP contribution < -0.4 is 10.6 Å². The fourth-order valence-corrected chi connectivity index (χ4v) is 9.73. The summed E-state index contributed by atoms with van der Waals surface area (Å²) in [6.45, 7) is 3.08. The number of rotatable bonds is 10. The van der Waals surface area contributed by atoms with Crippen LogP contribution in [0.15, 0.2) is 72.8 Å². The van der Waals surface area contributed by atoms with Gasteiger partial charge in [-0.05, 0) is 60.1 Å². The molecular weight excluding hydrogens is 534 g/mol. The van der Waals surface area contributed by atoms with E-state index in [4.69, 9.17) is 0 Å². The van der Waals surface area contributed by atoms with E-state index < -0.39 is 22.6 Å². The zero-order valence-electron chi connectivity index (χ0n) is 23.3. The summed E-state index contributed by atoms with van der Waals surface area (Å²) in [5, 5.41) is 17.6. The quantitative estimate of drug-likeness (QED) is 0.309. The minimum atomic E-state index is -0.669. The molecule has 7 nitrogen and oxygen atoms in total. The number of unbranched alkanes of at least 4 members (excludes halogenated alkanes) is 2. The first-order valence-electron chi connectivity index (χ1n) is 14.6. The van der Waals surface area contributed by atoms with Gasteiger partial charge in [0, 0.05) is 30.6 Å². The fraction of sp³-hybridized carbons (Fsp3) is 0.424. The summed E-state index contributed by atoms with van der Waals surface area (Å²) in [7, 11) is 0. The fourth-order valence-electron chi connectivity index (χ4n) is 7.31. The lowest BCUT2D eigenvalue weighted by atomic mass is 9.66. The molecule has 3 N–H and O–H groups in total. The Morgan fingerprint density at radius 3 is 2.51 bits per heavy atom. The summed E-state index contributed by atoms with van der Waals surface area (Å²) in [6, 6.07) is 23.0. The standard InChI is InChI=1S/C33H37N3O4S/c1-21-18-26-27(30(38)34-20-22-10-4-2-5-11-22)28-32(40)36(16-8-3-9-17-37)29(33(21,28)41-26)31(39)35-25-15-14-23-12-6-7-13-24(23)19-25/h2,4-7,10-15,19,21,26-29,37H,3,8-9,16-18,20H2,1H3,(H,34,38)(H,35,39)/t21?,26-,27+,28-,29?,33?/m0/s1. The number of nitrogens with zero attached hydrogens (tertiary/aromatic N) is 1. The van der Waals surface area contributed by atoms with Crippen molar-refractivity contribution in [3.8, 4) is 0 Å². The topological polar surface area (TPSA) is 98.7 Å². The van der Waals surface area contributed by atoms with Gasteiger partial charge in [0.1, 0.15) is 6.04 Å². The molecule has 3 aromatic carbocycles. The lowest BCUT2D eigenvalue weighted by Crippen LogP contribution is -2.55. The minimum absolute atomic E-state index is 0.00207. The maximum atomic E-state index is 14.2. The number of aliphatic hydroxyl groups excluding tert-OH is 1. The Balaban J connectivity index is 1.29. The molecule has 0 saturated carbocycles. The van der Waals surface area contributed by atoms with Crippen LogP contribution in [0.1, 0.15) is 38.2 Å². The molecule has 6 atom stereocenters. The molecule has 3 saturated heterocycles. The molecule has 41 heavy (non-hydrogen) atoms. The molecule has 3 unspecified atom stereocenters. The van der Waals surface area contributed by atoms with Crippen LogP contribution in [0, 0.1) is 17.8 Å². The number of anilines is 1. The van der Waals surface area contributed by atoms with E-state index in [1.54, 1.807) is 16.7 Å². The number of hydrogen-bond acceptors (Lipinski definition) is 5. The summed E-state index contributed by atoms with van der Waals surface area (Å²) in [5.74, 6) is -1.28. The maximum absolute atomic E-state index is 14.2. The lowest BCUT2D eigenvalue weighted by molar-refractivity contribution is -0.139. The van der Waals surface area contributed by atoms with Crippen molar-refractivity contribution in [2.75, 3.05) is 18.5 Å². The molecule has 2 bridgehead atoms. The molecule has 3 amide bonds. The van der Waals surface area contributed by atoms with Gasteiger partial charge in [0.25, 0.3) is 0 Å². The molecule has 0 aliphatic carbocycles. The summed E-state index contributed by atoms with van der Waals surface area (Å²) in [4.78, 5) is 43.8. The molecule has 3 aliphatic rings. The Morgan fingerprint density at radius 1 is 0.976 bits per heavy atom. The average Bonchev–Trinajstić information content (AvgIpc) is 3.58. The van der Waals surface area contributed by atoms with Crippen LogP contribution in [0.4, 0.5) is 5.69 Å². The number of likely N-dealkylation sites (tertiary alicyclic amines) is 1. The summed E-state index contributed by atoms with van der Waals surface area (Å²) < 4.78 is -0.658. The third kappa shape index (κ3) is 4.91. The van der Waals surface area contributed by atoms with Gasteiger partial charge in [0.2, 0.25) is 17.7 Å². The monoisotopic (exact) mass is 571 g/mol. The van der Waals surface area contributed by atoms with E-state index in [0.29, 0.717) is 31.6 Å². The van der Waals surface area contributed by atoms with Crippen LogP contribution in [0.25, 0.3) is 10.8 Å². The highest BCUT2D eigenvalue weighted by molar-refractivity contribution is 8.02. The van der Waals surface area contributed by atoms with Gasteiger partial charge in [-0.25, -0.2) is 0 Å². The number of carbonyl (C=O) groups excluding carboxylic acids is 3. The third-order valence-corrected chi connectivity index (χ3v) is 11.3. The Hall–Kier alpha value is -3.36. The molecule has 3 aliphatic heterocycles. The van der Waals surface area contributed by atoms with Crippen LogP contribution in [0.3, 0.4) is 0 Å². The summed E-state index contributed by atoms with van der Waals surface area (Å²) >= 11 is 1.69. The van der Waals surface area contributed by atoms with Crippen molar-refractivity contribution in [2.24, 2.45) is 17.8 Å². The molecule has 3 aromatic rings. The van der Waals surface area contributed by atoms with Crippen molar-refractivity contribution in [1.82, 2.24) is 10.2 Å². The zero-order valence-corrected chi connectivity index (χ0v) is 24.1. The first-order chi connectivity index (χ1) is 19.9. The predicted octanol–water partition coefficient (Wildman–Crippen LogP) is 4.59. The van der Waals surface area contributed by atoms with E-state index in [-0.39, 0.29) is 35.5 Å². The Kier molecular flexibility index (Phi) is 7.79. The van der Waals surface area contributed by atoms with Crippen molar-refractivity contribution in [3.05, 3.63) is 78.4 Å². The van der Waals surface area contributed by atoms with Crippen LogP contribution in [0.5, 0.6) is 0 Å². The first kappa shape index (κ1) is 27.8. The van der Waals surface area contributed by atoms with Gasteiger partial charge >= 0.3 is 0 Å². The van der Waals surface area contributed by atoms with Crippen molar-refractivity contribution in [2.45, 2.75) is 55.2 Å². The van der Waals surface area contributed by atoms with Gasteiger partial charge in [0.15, 0.2) is 0 Å². The van der Waals surface area contributed by atoms with Crippen LogP contribution in [0.2, 0.25) is 0 Å². The SMILES string of the molecule is CC1C[C@@H]2SC13C(C(=O)Nc1ccc4ccccc4c1)N(CCCCCO)C(=O)[C@@H]3[C@@H]2C(=O)NCc1ccccc1. The number of benzene rings is 3. The molecule has 6 rings (SSSR count). The van der Waals surface area contributed by atoms with Crippen molar-refractivity contribution >= 4 is 45.9 Å². The van der Waals surface area contributed by atoms with E-state index in [0.717, 1.165) is 29.2 Å². The average molecular weight is 572 g/mol. The molecule has 3 heterocycles. The normalized spacial score (nSPS) is 28.2. The first-order valence-corrected chi connectivity index (χ1v) is 15.5. The number of fused-ring (bicyclic) bond motifs is 2. The predicted molar refractivity (Wildman–Crippen MR) is 162 cm³/mol. The zero-order chi connectivity index (χ0) is 28.6. The molecular formula is C33H37N3O4S. The Bertz CT molecular complexity index is 1450. The second-order valence-corrected chi connectivity index (χ2v) is 13.2. The summed E-state index contributed by atoms with van der Waals surface area (Å²) in [6.07, 6.45) is 2.92. The number of nitrogens with one attached hydrogen (secondary N) is 2. The second-order valence-electron chi connectivity index (χ2n) is 11.6. The molecule has 214 valence electrons. The van der Waals surface area contributed by atoms with Gasteiger partial charge in [-0.2, -0.15) is 0 Å². The molecule has 0 radical (unpaired) electrons. The number of aliphatic hydroxyl groups is 1. The van der Waals surface area contributed by atoms with E-state index in [2.05, 4.69) is 17.6 Å². The smallest absolute Gasteiger partial charge is 0.248 e. The van der Waals surface area contributed by atoms with Crippen LogP contribution in [-0.2, 0) is 20.9 Å². The van der Waals surface area contributed by atoms with Crippen LogP contribution in [-0.4, -0.2) is 56.9 Å². The van der Waals surface area contributed by atoms with E-state index >= 15 is 0 Å². The van der Waals surface area contributed by atoms with E-state index in [1.807, 2.05) is 72.8 Å². The molecule has 8 heteroatoms. The Labute approximate surface area is 245 Å². The van der Waals surface area contributed by atoms with Gasteiger partial charge in [-0.3, -0.25) is 14.4 Å². The van der Waals surface area contributed by atoms with Crippen molar-refractivity contribution in [3.63, 3.8) is 0 Å². The van der Waals surface area contributed by atoms with Crippen LogP contribution >= 0.6 is 11.8 Å². The number of carbonyl (C=O) groups is 3. The maximum Gasteiger partial charge on any atom is 0.248 e. The molecule has 1 spiro atoms. The van der Waals surface area contributed by atoms with Gasteiger partial charge in [-0.1, -0.05) is 67.6 Å². The second kappa shape index (κ2) is 11.5. The third-order valence-electron chi connectivity index (χ3n) is 9.18. The van der Waals surface area contributed by atoms with Gasteiger partial charge in [0.05, 0.1) is 16.6 Å². The lowest BCUT2D eigenvalue weighted by Gasteiger charge is -2.38. The number of thioether (sulfide) groups is 1. The van der Waals surface area contributed by atoms with E-state index in [1.165, 1.54) is 0 Å². The summed E-state index contributed by atoms with van der Waals surface area (Å²) in [5.41, 5.74) is 1.71. The van der Waals surface area contributed by atoms with Crippen molar-refractivity contribution in [1.29, 1.82) is 0 Å².